The van der Waals surface area contributed by atoms with Crippen molar-refractivity contribution in [3.8, 4) is 17.2 Å². The number of carbonyl (C=O) groups is 1. The zero-order valence-corrected chi connectivity index (χ0v) is 19.4. The molecule has 0 radical (unpaired) electrons. The number of benzene rings is 2. The number of phenols is 1. The molecule has 1 amide bonds. The minimum absolute atomic E-state index is 0.0162. The van der Waals surface area contributed by atoms with Crippen molar-refractivity contribution < 1.29 is 19.4 Å². The first-order valence-corrected chi connectivity index (χ1v) is 10.9. The molecule has 2 heterocycles. The summed E-state index contributed by atoms with van der Waals surface area (Å²) in [5.74, 6) is 0.802. The molecular formula is C26H29N3O4. The lowest BCUT2D eigenvalue weighted by molar-refractivity contribution is 0.0930. The maximum absolute atomic E-state index is 13.1. The van der Waals surface area contributed by atoms with Crippen molar-refractivity contribution in [3.05, 3.63) is 71.6 Å². The Labute approximate surface area is 193 Å². The van der Waals surface area contributed by atoms with Crippen LogP contribution in [-0.4, -0.2) is 48.7 Å². The lowest BCUT2D eigenvalue weighted by atomic mass is 9.97. The van der Waals surface area contributed by atoms with Crippen molar-refractivity contribution in [2.45, 2.75) is 25.3 Å². The van der Waals surface area contributed by atoms with Crippen LogP contribution in [0.25, 0.3) is 10.9 Å². The highest BCUT2D eigenvalue weighted by Crippen LogP contribution is 2.49. The Hall–Kier alpha value is -3.74. The molecule has 2 aromatic carbocycles. The summed E-state index contributed by atoms with van der Waals surface area (Å²) in [4.78, 5) is 19.6. The highest BCUT2D eigenvalue weighted by atomic mass is 16.5. The molecule has 7 nitrogen and oxygen atoms in total. The van der Waals surface area contributed by atoms with Crippen molar-refractivity contribution in [3.63, 3.8) is 0 Å². The number of phenolic OH excluding ortho intramolecular Hbond substituents is 1. The maximum Gasteiger partial charge on any atom is 0.252 e. The molecule has 5 rings (SSSR count). The normalized spacial score (nSPS) is 15.2. The molecule has 0 spiro atoms. The van der Waals surface area contributed by atoms with E-state index in [4.69, 9.17) is 9.47 Å². The largest absolute Gasteiger partial charge is 0.504 e. The van der Waals surface area contributed by atoms with E-state index in [0.717, 1.165) is 35.9 Å². The predicted octanol–water partition coefficient (Wildman–Crippen LogP) is 4.13. The second-order valence-electron chi connectivity index (χ2n) is 8.44. The third kappa shape index (κ3) is 4.58. The number of nitrogens with one attached hydrogen (secondary N) is 1. The Kier molecular flexibility index (Phi) is 6.14. The number of rotatable bonds is 5. The summed E-state index contributed by atoms with van der Waals surface area (Å²) in [5.41, 5.74) is 2.55. The fraction of sp³-hybridized carbons (Fsp3) is 0.308. The van der Waals surface area contributed by atoms with E-state index in [9.17, 15) is 9.90 Å². The Morgan fingerprint density at radius 1 is 1.18 bits per heavy atom. The van der Waals surface area contributed by atoms with Crippen molar-refractivity contribution in [1.29, 1.82) is 0 Å². The summed E-state index contributed by atoms with van der Waals surface area (Å²) >= 11 is 0. The van der Waals surface area contributed by atoms with Crippen molar-refractivity contribution >= 4 is 16.8 Å². The zero-order chi connectivity index (χ0) is 23.6. The molecule has 0 atom stereocenters. The molecule has 7 heteroatoms. The van der Waals surface area contributed by atoms with Gasteiger partial charge >= 0.3 is 0 Å². The van der Waals surface area contributed by atoms with Crippen LogP contribution in [0.1, 0.15) is 34.3 Å². The first kappa shape index (κ1) is 22.5. The van der Waals surface area contributed by atoms with E-state index in [1.807, 2.05) is 24.3 Å². The van der Waals surface area contributed by atoms with E-state index in [-0.39, 0.29) is 17.4 Å². The molecule has 3 aromatic rings. The number of carbonyl (C=O) groups excluding carboxylic acids is 1. The predicted molar refractivity (Wildman–Crippen MR) is 128 cm³/mol. The van der Waals surface area contributed by atoms with Crippen LogP contribution in [0.2, 0.25) is 0 Å². The van der Waals surface area contributed by atoms with Gasteiger partial charge in [-0.3, -0.25) is 9.78 Å². The fourth-order valence-electron chi connectivity index (χ4n) is 3.94. The zero-order valence-electron chi connectivity index (χ0n) is 19.4. The molecule has 1 fully saturated rings. The van der Waals surface area contributed by atoms with E-state index in [0.29, 0.717) is 16.9 Å². The molecule has 2 N–H and O–H groups in total. The van der Waals surface area contributed by atoms with Gasteiger partial charge in [-0.05, 0) is 67.4 Å². The molecule has 0 unspecified atom stereocenters. The lowest BCUT2D eigenvalue weighted by Gasteiger charge is -2.21. The van der Waals surface area contributed by atoms with Crippen LogP contribution in [0.5, 0.6) is 17.2 Å². The first-order valence-electron chi connectivity index (χ1n) is 10.9. The Morgan fingerprint density at radius 3 is 2.48 bits per heavy atom. The Balaban J connectivity index is 0.000000459. The quantitative estimate of drug-likeness (QED) is 0.612. The number of aromatic hydroxyl groups is 1. The van der Waals surface area contributed by atoms with E-state index < -0.39 is 5.54 Å². The average molecular weight is 448 g/mol. The van der Waals surface area contributed by atoms with Crippen LogP contribution >= 0.6 is 0 Å². The summed E-state index contributed by atoms with van der Waals surface area (Å²) in [6, 6.07) is 10.9. The summed E-state index contributed by atoms with van der Waals surface area (Å²) in [7, 11) is 5.14. The summed E-state index contributed by atoms with van der Waals surface area (Å²) in [6.07, 6.45) is 7.60. The Bertz CT molecular complexity index is 1220. The summed E-state index contributed by atoms with van der Waals surface area (Å²) in [5, 5.41) is 14.1. The molecule has 1 aliphatic heterocycles. The van der Waals surface area contributed by atoms with Crippen molar-refractivity contribution in [2.75, 3.05) is 27.8 Å². The lowest BCUT2D eigenvalue weighted by Crippen LogP contribution is -2.35. The summed E-state index contributed by atoms with van der Waals surface area (Å²) < 4.78 is 10.6. The summed E-state index contributed by atoms with van der Waals surface area (Å²) in [6.45, 7) is 2.93. The SMILES string of the molecule is CN1C=CC1.COc1cc(C2(NC(=O)c3cc(OC)c(O)cc3C)CC2)c2cccnc2c1. The smallest absolute Gasteiger partial charge is 0.252 e. The van der Waals surface area contributed by atoms with Gasteiger partial charge < -0.3 is 24.8 Å². The fourth-order valence-corrected chi connectivity index (χ4v) is 3.94. The maximum atomic E-state index is 13.1. The molecule has 33 heavy (non-hydrogen) atoms. The number of nitrogens with zero attached hydrogens (tertiary/aromatic N) is 2. The van der Waals surface area contributed by atoms with Gasteiger partial charge in [0.15, 0.2) is 11.5 Å². The molecular weight excluding hydrogens is 418 g/mol. The van der Waals surface area contributed by atoms with Gasteiger partial charge in [-0.25, -0.2) is 0 Å². The first-order chi connectivity index (χ1) is 15.9. The van der Waals surface area contributed by atoms with E-state index >= 15 is 0 Å². The van der Waals surface area contributed by atoms with E-state index in [2.05, 4.69) is 34.5 Å². The second-order valence-corrected chi connectivity index (χ2v) is 8.44. The molecule has 172 valence electrons. The van der Waals surface area contributed by atoms with E-state index in [1.54, 1.807) is 26.3 Å². The number of aryl methyl sites for hydroxylation is 1. The van der Waals surface area contributed by atoms with Gasteiger partial charge in [-0.1, -0.05) is 6.07 Å². The van der Waals surface area contributed by atoms with Gasteiger partial charge in [0, 0.05) is 36.8 Å². The second kappa shape index (κ2) is 9.02. The molecule has 1 aromatic heterocycles. The number of pyridine rings is 1. The molecule has 1 saturated carbocycles. The topological polar surface area (TPSA) is 83.9 Å². The van der Waals surface area contributed by atoms with Gasteiger partial charge in [0.05, 0.1) is 25.3 Å². The number of hydrogen-bond acceptors (Lipinski definition) is 6. The molecule has 0 saturated heterocycles. The number of hydrogen-bond donors (Lipinski definition) is 2. The molecule has 2 aliphatic rings. The minimum atomic E-state index is -0.454. The third-order valence-corrected chi connectivity index (χ3v) is 6.07. The molecule has 0 bridgehead atoms. The van der Waals surface area contributed by atoms with Gasteiger partial charge in [-0.2, -0.15) is 0 Å². The highest BCUT2D eigenvalue weighted by molar-refractivity contribution is 5.98. The number of likely N-dealkylation sites (N-methyl/N-ethyl adjacent to an activating group) is 1. The third-order valence-electron chi connectivity index (χ3n) is 6.07. The van der Waals surface area contributed by atoms with E-state index in [1.165, 1.54) is 13.2 Å². The number of fused-ring (bicyclic) bond motifs is 1. The van der Waals surface area contributed by atoms with Crippen LogP contribution < -0.4 is 14.8 Å². The van der Waals surface area contributed by atoms with Crippen molar-refractivity contribution in [2.24, 2.45) is 0 Å². The Morgan fingerprint density at radius 2 is 1.91 bits per heavy atom. The van der Waals surface area contributed by atoms with Gasteiger partial charge in [-0.15, -0.1) is 0 Å². The van der Waals surface area contributed by atoms with Crippen LogP contribution in [0, 0.1) is 6.92 Å². The number of aromatic nitrogens is 1. The van der Waals surface area contributed by atoms with Crippen LogP contribution in [-0.2, 0) is 5.54 Å². The number of amides is 1. The monoisotopic (exact) mass is 447 g/mol. The van der Waals surface area contributed by atoms with Crippen molar-refractivity contribution in [1.82, 2.24) is 15.2 Å². The van der Waals surface area contributed by atoms with Gasteiger partial charge in [0.25, 0.3) is 5.91 Å². The van der Waals surface area contributed by atoms with Crippen LogP contribution in [0.4, 0.5) is 0 Å². The minimum Gasteiger partial charge on any atom is -0.504 e. The van der Waals surface area contributed by atoms with Crippen LogP contribution in [0.15, 0.2) is 54.9 Å². The molecule has 1 aliphatic carbocycles. The highest BCUT2D eigenvalue weighted by Gasteiger charge is 2.47. The average Bonchev–Trinajstić information content (AvgIpc) is 3.57. The van der Waals surface area contributed by atoms with Gasteiger partial charge in [0.2, 0.25) is 0 Å². The number of methoxy groups -OCH3 is 2. The van der Waals surface area contributed by atoms with Crippen LogP contribution in [0.3, 0.4) is 0 Å². The number of ether oxygens (including phenoxy) is 2. The standard InChI is InChI=1S/C22H22N2O4.C4H7N/c1-13-9-19(25)20(28-3)12-16(13)21(26)24-22(6-7-22)17-10-14(27-2)11-18-15(17)5-4-8-23-18;1-5-3-2-4-5/h4-5,8-12,25H,6-7H2,1-3H3,(H,24,26);2-3H,4H2,1H3. The van der Waals surface area contributed by atoms with Gasteiger partial charge in [0.1, 0.15) is 5.75 Å².